The number of rotatable bonds is 5. The van der Waals surface area contributed by atoms with Gasteiger partial charge in [0.05, 0.1) is 17.5 Å². The van der Waals surface area contributed by atoms with Crippen molar-refractivity contribution in [2.45, 2.75) is 30.5 Å². The Morgan fingerprint density at radius 3 is 2.58 bits per heavy atom. The summed E-state index contributed by atoms with van der Waals surface area (Å²) in [6.45, 7) is 7.95. The number of benzene rings is 1. The summed E-state index contributed by atoms with van der Waals surface area (Å²) in [5.41, 5.74) is 0.908. The fourth-order valence-electron chi connectivity index (χ4n) is 2.85. The van der Waals surface area contributed by atoms with E-state index in [4.69, 9.17) is 4.52 Å². The van der Waals surface area contributed by atoms with Crippen LogP contribution in [-0.4, -0.2) is 52.3 Å². The van der Waals surface area contributed by atoms with Crippen molar-refractivity contribution in [2.24, 2.45) is 0 Å². The highest BCUT2D eigenvalue weighted by Crippen LogP contribution is 2.24. The summed E-state index contributed by atoms with van der Waals surface area (Å²) in [4.78, 5) is 18.0. The number of amides is 1. The van der Waals surface area contributed by atoms with Gasteiger partial charge in [0.25, 0.3) is 0 Å². The summed E-state index contributed by atoms with van der Waals surface area (Å²) in [5, 5.41) is 3.86. The van der Waals surface area contributed by atoms with Crippen LogP contribution in [0.25, 0.3) is 0 Å². The lowest BCUT2D eigenvalue weighted by Crippen LogP contribution is -2.50. The maximum Gasteiger partial charge on any atom is 0.235 e. The van der Waals surface area contributed by atoms with E-state index < -0.39 is 0 Å². The molecule has 5 nitrogen and oxygen atoms in total. The number of hydrogen-bond acceptors (Lipinski definition) is 5. The first-order chi connectivity index (χ1) is 11.6. The highest BCUT2D eigenvalue weighted by atomic mass is 32.2. The number of aryl methyl sites for hydroxylation is 1. The zero-order valence-corrected chi connectivity index (χ0v) is 15.0. The third-order valence-corrected chi connectivity index (χ3v) is 5.24. The Kier molecular flexibility index (Phi) is 5.58. The number of aromatic nitrogens is 1. The summed E-state index contributed by atoms with van der Waals surface area (Å²) in [6.07, 6.45) is 0. The van der Waals surface area contributed by atoms with Crippen LogP contribution in [-0.2, 0) is 11.3 Å². The van der Waals surface area contributed by atoms with Crippen LogP contribution in [0.2, 0.25) is 0 Å². The summed E-state index contributed by atoms with van der Waals surface area (Å²) < 4.78 is 5.27. The van der Waals surface area contributed by atoms with Crippen LogP contribution in [0.4, 0.5) is 0 Å². The van der Waals surface area contributed by atoms with Crippen molar-refractivity contribution < 1.29 is 9.32 Å². The molecule has 1 unspecified atom stereocenters. The van der Waals surface area contributed by atoms with Gasteiger partial charge in [-0.2, -0.15) is 0 Å². The molecule has 1 saturated heterocycles. The van der Waals surface area contributed by atoms with Gasteiger partial charge in [-0.05, 0) is 26.0 Å². The van der Waals surface area contributed by atoms with Gasteiger partial charge < -0.3 is 9.42 Å². The average Bonchev–Trinajstić information content (AvgIpc) is 3.00. The van der Waals surface area contributed by atoms with E-state index >= 15 is 0 Å². The quantitative estimate of drug-likeness (QED) is 0.780. The van der Waals surface area contributed by atoms with Crippen LogP contribution >= 0.6 is 11.8 Å². The molecule has 1 aliphatic rings. The molecule has 0 aliphatic carbocycles. The Labute approximate surface area is 147 Å². The van der Waals surface area contributed by atoms with Gasteiger partial charge in [-0.25, -0.2) is 0 Å². The number of nitrogens with zero attached hydrogens (tertiary/aromatic N) is 3. The van der Waals surface area contributed by atoms with Crippen molar-refractivity contribution >= 4 is 17.7 Å². The van der Waals surface area contributed by atoms with Gasteiger partial charge in [-0.3, -0.25) is 9.69 Å². The Morgan fingerprint density at radius 2 is 1.96 bits per heavy atom. The predicted molar refractivity (Wildman–Crippen MR) is 94.9 cm³/mol. The molecule has 24 heavy (non-hydrogen) atoms. The molecule has 0 saturated carbocycles. The first-order valence-corrected chi connectivity index (χ1v) is 9.15. The second-order valence-electron chi connectivity index (χ2n) is 6.11. The van der Waals surface area contributed by atoms with Crippen LogP contribution in [0.1, 0.15) is 18.4 Å². The molecule has 1 aromatic heterocycles. The highest BCUT2D eigenvalue weighted by molar-refractivity contribution is 8.00. The average molecular weight is 345 g/mol. The molecule has 0 N–H and O–H groups in total. The van der Waals surface area contributed by atoms with Gasteiger partial charge in [0, 0.05) is 37.1 Å². The van der Waals surface area contributed by atoms with E-state index in [9.17, 15) is 4.79 Å². The fourth-order valence-corrected chi connectivity index (χ4v) is 3.82. The topological polar surface area (TPSA) is 49.6 Å². The van der Waals surface area contributed by atoms with E-state index in [1.807, 2.05) is 55.1 Å². The minimum Gasteiger partial charge on any atom is -0.360 e. The molecule has 128 valence electrons. The fraction of sp³-hybridized carbons (Fsp3) is 0.444. The van der Waals surface area contributed by atoms with Crippen LogP contribution in [0.3, 0.4) is 0 Å². The molecule has 3 rings (SSSR count). The minimum atomic E-state index is -0.0594. The largest absolute Gasteiger partial charge is 0.360 e. The second kappa shape index (κ2) is 7.85. The SMILES string of the molecule is Cc1cc(CN2CCN(C(=O)C(C)Sc3ccccc3)CC2)on1. The van der Waals surface area contributed by atoms with Crippen molar-refractivity contribution in [1.82, 2.24) is 15.0 Å². The Balaban J connectivity index is 1.47. The molecule has 6 heteroatoms. The number of thioether (sulfide) groups is 1. The van der Waals surface area contributed by atoms with Crippen LogP contribution in [0, 0.1) is 6.92 Å². The van der Waals surface area contributed by atoms with Crippen molar-refractivity contribution in [3.8, 4) is 0 Å². The molecule has 1 aliphatic heterocycles. The molecular weight excluding hydrogens is 322 g/mol. The Bertz CT molecular complexity index is 666. The van der Waals surface area contributed by atoms with Gasteiger partial charge in [-0.1, -0.05) is 23.4 Å². The lowest BCUT2D eigenvalue weighted by atomic mass is 10.2. The molecule has 0 spiro atoms. The van der Waals surface area contributed by atoms with Crippen LogP contribution in [0.15, 0.2) is 45.8 Å². The number of piperazine rings is 1. The van der Waals surface area contributed by atoms with Gasteiger partial charge in [0.15, 0.2) is 5.76 Å². The molecule has 1 amide bonds. The predicted octanol–water partition coefficient (Wildman–Crippen LogP) is 2.81. The monoisotopic (exact) mass is 345 g/mol. The highest BCUT2D eigenvalue weighted by Gasteiger charge is 2.25. The number of hydrogen-bond donors (Lipinski definition) is 0. The lowest BCUT2D eigenvalue weighted by molar-refractivity contribution is -0.132. The third-order valence-electron chi connectivity index (χ3n) is 4.14. The first-order valence-electron chi connectivity index (χ1n) is 8.27. The van der Waals surface area contributed by atoms with Crippen molar-refractivity contribution in [3.63, 3.8) is 0 Å². The molecule has 2 aromatic rings. The Hall–Kier alpha value is -1.79. The lowest BCUT2D eigenvalue weighted by Gasteiger charge is -2.35. The zero-order chi connectivity index (χ0) is 16.9. The second-order valence-corrected chi connectivity index (χ2v) is 7.52. The number of carbonyl (C=O) groups excluding carboxylic acids is 1. The Morgan fingerprint density at radius 1 is 1.25 bits per heavy atom. The molecule has 1 fully saturated rings. The van der Waals surface area contributed by atoms with Crippen molar-refractivity contribution in [3.05, 3.63) is 47.9 Å². The summed E-state index contributed by atoms with van der Waals surface area (Å²) in [7, 11) is 0. The van der Waals surface area contributed by atoms with Crippen LogP contribution < -0.4 is 0 Å². The molecule has 1 aromatic carbocycles. The van der Waals surface area contributed by atoms with Gasteiger partial charge >= 0.3 is 0 Å². The van der Waals surface area contributed by atoms with E-state index in [0.29, 0.717) is 0 Å². The standard InChI is InChI=1S/C18H23N3O2S/c1-14-12-16(23-19-14)13-20-8-10-21(11-9-20)18(22)15(2)24-17-6-4-3-5-7-17/h3-7,12,15H,8-11,13H2,1-2H3. The minimum absolute atomic E-state index is 0.0594. The van der Waals surface area contributed by atoms with Gasteiger partial charge in [0.1, 0.15) is 0 Å². The molecule has 0 radical (unpaired) electrons. The summed E-state index contributed by atoms with van der Waals surface area (Å²) in [6, 6.07) is 12.1. The first kappa shape index (κ1) is 17.0. The summed E-state index contributed by atoms with van der Waals surface area (Å²) in [5.74, 6) is 1.11. The van der Waals surface area contributed by atoms with E-state index in [-0.39, 0.29) is 11.2 Å². The van der Waals surface area contributed by atoms with Crippen molar-refractivity contribution in [2.75, 3.05) is 26.2 Å². The molecule has 1 atom stereocenters. The third kappa shape index (κ3) is 4.39. The maximum atomic E-state index is 12.6. The maximum absolute atomic E-state index is 12.6. The summed E-state index contributed by atoms with van der Waals surface area (Å²) >= 11 is 1.62. The van der Waals surface area contributed by atoms with E-state index in [1.54, 1.807) is 11.8 Å². The zero-order valence-electron chi connectivity index (χ0n) is 14.1. The number of carbonyl (C=O) groups is 1. The van der Waals surface area contributed by atoms with Gasteiger partial charge in [0.2, 0.25) is 5.91 Å². The van der Waals surface area contributed by atoms with E-state index in [1.165, 1.54) is 0 Å². The smallest absolute Gasteiger partial charge is 0.235 e. The van der Waals surface area contributed by atoms with E-state index in [2.05, 4.69) is 10.1 Å². The van der Waals surface area contributed by atoms with Crippen molar-refractivity contribution in [1.29, 1.82) is 0 Å². The van der Waals surface area contributed by atoms with E-state index in [0.717, 1.165) is 49.1 Å². The van der Waals surface area contributed by atoms with Crippen LogP contribution in [0.5, 0.6) is 0 Å². The molecule has 0 bridgehead atoms. The van der Waals surface area contributed by atoms with Gasteiger partial charge in [-0.15, -0.1) is 11.8 Å². The molecular formula is C18H23N3O2S. The normalized spacial score (nSPS) is 17.0. The molecule has 2 heterocycles.